The molecule has 0 aliphatic rings. The smallest absolute Gasteiger partial charge is 0.252 e. The maximum Gasteiger partial charge on any atom is 0.252 e. The van der Waals surface area contributed by atoms with Crippen molar-refractivity contribution in [3.05, 3.63) is 120 Å². The van der Waals surface area contributed by atoms with Gasteiger partial charge in [-0.3, -0.25) is 9.59 Å². The van der Waals surface area contributed by atoms with Gasteiger partial charge >= 0.3 is 0 Å². The number of amides is 2. The summed E-state index contributed by atoms with van der Waals surface area (Å²) in [5.41, 5.74) is 10.7. The number of carbonyl (C=O) groups is 2. The molecule has 0 spiro atoms. The van der Waals surface area contributed by atoms with E-state index in [4.69, 9.17) is 15.7 Å². The van der Waals surface area contributed by atoms with Gasteiger partial charge in [0.2, 0.25) is 5.91 Å². The zero-order valence-electron chi connectivity index (χ0n) is 21.6. The Morgan fingerprint density at radius 2 is 1.41 bits per heavy atom. The minimum Gasteiger partial charge on any atom is -0.368 e. The van der Waals surface area contributed by atoms with Crippen LogP contribution >= 0.6 is 0 Å². The van der Waals surface area contributed by atoms with Gasteiger partial charge in [0, 0.05) is 40.2 Å². The molecule has 0 aliphatic carbocycles. The molecule has 0 unspecified atom stereocenters. The molecule has 9 heteroatoms. The Kier molecular flexibility index (Phi) is 6.68. The van der Waals surface area contributed by atoms with Crippen molar-refractivity contribution in [3.8, 4) is 22.5 Å². The Hall–Kier alpha value is -5.44. The number of benzene rings is 4. The minimum absolute atomic E-state index is 0.216. The summed E-state index contributed by atoms with van der Waals surface area (Å²) < 4.78 is 27.3. The van der Waals surface area contributed by atoms with E-state index in [1.54, 1.807) is 48.7 Å². The van der Waals surface area contributed by atoms with Gasteiger partial charge in [-0.25, -0.2) is 18.7 Å². The zero-order valence-corrected chi connectivity index (χ0v) is 21.6. The summed E-state index contributed by atoms with van der Waals surface area (Å²) in [4.78, 5) is 38.2. The van der Waals surface area contributed by atoms with Gasteiger partial charge in [0.25, 0.3) is 5.91 Å². The summed E-state index contributed by atoms with van der Waals surface area (Å²) in [7, 11) is 0. The number of fused-ring (bicyclic) bond motifs is 2. The van der Waals surface area contributed by atoms with Crippen LogP contribution in [-0.2, 0) is 11.2 Å². The van der Waals surface area contributed by atoms with Crippen LogP contribution in [0.15, 0.2) is 97.2 Å². The number of halogens is 2. The SMILES string of the molecule is NC(=O)[C@H](Cc1c[nH]c2ccccc12)NC(=O)c1ccc2nc(-c3ccc(F)cc3)c(-c3ccc(F)cc3)nc2c1. The van der Waals surface area contributed by atoms with Crippen LogP contribution in [0.5, 0.6) is 0 Å². The van der Waals surface area contributed by atoms with Gasteiger partial charge in [0.1, 0.15) is 17.7 Å². The molecule has 0 bridgehead atoms. The van der Waals surface area contributed by atoms with Crippen LogP contribution in [-0.4, -0.2) is 32.8 Å². The summed E-state index contributed by atoms with van der Waals surface area (Å²) in [6.07, 6.45) is 2.02. The molecule has 202 valence electrons. The van der Waals surface area contributed by atoms with E-state index in [-0.39, 0.29) is 17.8 Å². The van der Waals surface area contributed by atoms with Crippen LogP contribution in [0.25, 0.3) is 44.5 Å². The molecule has 1 atom stereocenters. The number of rotatable bonds is 7. The van der Waals surface area contributed by atoms with Crippen molar-refractivity contribution in [3.63, 3.8) is 0 Å². The average Bonchev–Trinajstić information content (AvgIpc) is 3.39. The molecule has 41 heavy (non-hydrogen) atoms. The molecule has 0 saturated carbocycles. The van der Waals surface area contributed by atoms with Crippen LogP contribution in [0, 0.1) is 11.6 Å². The lowest BCUT2D eigenvalue weighted by Crippen LogP contribution is -2.45. The monoisotopic (exact) mass is 547 g/mol. The number of aromatic nitrogens is 3. The fraction of sp³-hybridized carbons (Fsp3) is 0.0625. The van der Waals surface area contributed by atoms with Gasteiger partial charge in [-0.1, -0.05) is 18.2 Å². The predicted molar refractivity (Wildman–Crippen MR) is 153 cm³/mol. The zero-order chi connectivity index (χ0) is 28.5. The van der Waals surface area contributed by atoms with Crippen molar-refractivity contribution in [2.24, 2.45) is 5.73 Å². The molecule has 0 radical (unpaired) electrons. The standard InChI is InChI=1S/C32H23F2N5O2/c33-22-10-5-18(6-11-22)29-30(19-7-12-23(34)13-8-19)38-27-15-20(9-14-26(27)37-29)32(41)39-28(31(35)40)16-21-17-36-25-4-2-1-3-24(21)25/h1-15,17,28,36H,16H2,(H2,35,40)(H,39,41)/t28-/m0/s1. The number of nitrogens with two attached hydrogens (primary N) is 1. The van der Waals surface area contributed by atoms with E-state index < -0.39 is 23.7 Å². The maximum absolute atomic E-state index is 13.7. The molecule has 4 N–H and O–H groups in total. The normalized spacial score (nSPS) is 12.0. The third-order valence-corrected chi connectivity index (χ3v) is 6.91. The third kappa shape index (κ3) is 5.25. The minimum atomic E-state index is -0.945. The van der Waals surface area contributed by atoms with Gasteiger partial charge in [0.05, 0.1) is 22.4 Å². The lowest BCUT2D eigenvalue weighted by molar-refractivity contribution is -0.119. The van der Waals surface area contributed by atoms with Gasteiger partial charge in [-0.2, -0.15) is 0 Å². The van der Waals surface area contributed by atoms with E-state index in [0.29, 0.717) is 33.5 Å². The second-order valence-corrected chi connectivity index (χ2v) is 9.63. The van der Waals surface area contributed by atoms with Crippen LogP contribution < -0.4 is 11.1 Å². The first kappa shape index (κ1) is 25.8. The first-order valence-electron chi connectivity index (χ1n) is 12.8. The maximum atomic E-state index is 13.7. The number of aromatic amines is 1. The van der Waals surface area contributed by atoms with E-state index in [0.717, 1.165) is 16.5 Å². The summed E-state index contributed by atoms with van der Waals surface area (Å²) >= 11 is 0. The molecule has 6 rings (SSSR count). The lowest BCUT2D eigenvalue weighted by Gasteiger charge is -2.16. The Morgan fingerprint density at radius 3 is 2.05 bits per heavy atom. The predicted octanol–water partition coefficient (Wildman–Crippen LogP) is 5.55. The highest BCUT2D eigenvalue weighted by Crippen LogP contribution is 2.31. The molecule has 0 aliphatic heterocycles. The Balaban J connectivity index is 1.35. The molecular weight excluding hydrogens is 524 g/mol. The van der Waals surface area contributed by atoms with Gasteiger partial charge in [-0.05, 0) is 78.4 Å². The second-order valence-electron chi connectivity index (χ2n) is 9.63. The number of para-hydroxylation sites is 1. The number of H-pyrrole nitrogens is 1. The van der Waals surface area contributed by atoms with Crippen LogP contribution in [0.4, 0.5) is 8.78 Å². The van der Waals surface area contributed by atoms with E-state index in [2.05, 4.69) is 10.3 Å². The average molecular weight is 548 g/mol. The van der Waals surface area contributed by atoms with Crippen LogP contribution in [0.3, 0.4) is 0 Å². The first-order chi connectivity index (χ1) is 19.9. The highest BCUT2D eigenvalue weighted by molar-refractivity contribution is 6.00. The van der Waals surface area contributed by atoms with Gasteiger partial charge < -0.3 is 16.0 Å². The number of primary amides is 1. The lowest BCUT2D eigenvalue weighted by atomic mass is 10.0. The summed E-state index contributed by atoms with van der Waals surface area (Å²) in [5.74, 6) is -1.95. The fourth-order valence-electron chi connectivity index (χ4n) is 4.80. The van der Waals surface area contributed by atoms with E-state index in [1.807, 2.05) is 24.3 Å². The molecule has 6 aromatic rings. The second kappa shape index (κ2) is 10.6. The van der Waals surface area contributed by atoms with Crippen molar-refractivity contribution < 1.29 is 18.4 Å². The molecule has 7 nitrogen and oxygen atoms in total. The molecule has 0 fully saturated rings. The highest BCUT2D eigenvalue weighted by Gasteiger charge is 2.22. The molecular formula is C32H23F2N5O2. The van der Waals surface area contributed by atoms with E-state index in [9.17, 15) is 18.4 Å². The first-order valence-corrected chi connectivity index (χ1v) is 12.8. The van der Waals surface area contributed by atoms with Crippen molar-refractivity contribution in [2.75, 3.05) is 0 Å². The largest absolute Gasteiger partial charge is 0.368 e. The number of hydrogen-bond acceptors (Lipinski definition) is 4. The fourth-order valence-corrected chi connectivity index (χ4v) is 4.80. The van der Waals surface area contributed by atoms with Gasteiger partial charge in [0.15, 0.2) is 0 Å². The van der Waals surface area contributed by atoms with Gasteiger partial charge in [-0.15, -0.1) is 0 Å². The Morgan fingerprint density at radius 1 is 0.805 bits per heavy atom. The number of nitrogens with one attached hydrogen (secondary N) is 2. The number of carbonyl (C=O) groups excluding carboxylic acids is 2. The number of nitrogens with zero attached hydrogens (tertiary/aromatic N) is 2. The number of hydrogen-bond donors (Lipinski definition) is 3. The van der Waals surface area contributed by atoms with Crippen LogP contribution in [0.1, 0.15) is 15.9 Å². The Bertz CT molecular complexity index is 1920. The topological polar surface area (TPSA) is 114 Å². The summed E-state index contributed by atoms with van der Waals surface area (Å²) in [5, 5.41) is 3.69. The van der Waals surface area contributed by atoms with Crippen molar-refractivity contribution in [1.82, 2.24) is 20.3 Å². The molecule has 2 amide bonds. The summed E-state index contributed by atoms with van der Waals surface area (Å²) in [6.45, 7) is 0. The van der Waals surface area contributed by atoms with Crippen molar-refractivity contribution >= 4 is 33.8 Å². The van der Waals surface area contributed by atoms with Crippen molar-refractivity contribution in [2.45, 2.75) is 12.5 Å². The van der Waals surface area contributed by atoms with E-state index >= 15 is 0 Å². The Labute approximate surface area is 233 Å². The molecule has 4 aromatic carbocycles. The quantitative estimate of drug-likeness (QED) is 0.243. The molecule has 2 aromatic heterocycles. The molecule has 2 heterocycles. The molecule has 0 saturated heterocycles. The third-order valence-electron chi connectivity index (χ3n) is 6.91. The highest BCUT2D eigenvalue weighted by atomic mass is 19.1. The van der Waals surface area contributed by atoms with E-state index in [1.165, 1.54) is 24.3 Å². The van der Waals surface area contributed by atoms with Crippen molar-refractivity contribution in [1.29, 1.82) is 0 Å². The van der Waals surface area contributed by atoms with Crippen LogP contribution in [0.2, 0.25) is 0 Å². The summed E-state index contributed by atoms with van der Waals surface area (Å²) in [6, 6.07) is 23.2.